The van der Waals surface area contributed by atoms with Gasteiger partial charge in [-0.05, 0) is 20.3 Å². The molecule has 0 saturated carbocycles. The SMILES string of the molecule is CCCCN(CCO)S(=O)(=O)NC(C)C. The van der Waals surface area contributed by atoms with E-state index in [2.05, 4.69) is 4.72 Å². The molecule has 0 aromatic heterocycles. The average molecular weight is 238 g/mol. The third kappa shape index (κ3) is 6.09. The van der Waals surface area contributed by atoms with Gasteiger partial charge in [-0.1, -0.05) is 13.3 Å². The fraction of sp³-hybridized carbons (Fsp3) is 1.00. The van der Waals surface area contributed by atoms with Crippen molar-refractivity contribution in [3.05, 3.63) is 0 Å². The van der Waals surface area contributed by atoms with Crippen LogP contribution >= 0.6 is 0 Å². The number of hydrogen-bond acceptors (Lipinski definition) is 3. The van der Waals surface area contributed by atoms with Crippen molar-refractivity contribution in [2.24, 2.45) is 0 Å². The van der Waals surface area contributed by atoms with E-state index < -0.39 is 10.2 Å². The highest BCUT2D eigenvalue weighted by Gasteiger charge is 2.21. The molecule has 0 atom stereocenters. The van der Waals surface area contributed by atoms with Gasteiger partial charge in [0.1, 0.15) is 0 Å². The fourth-order valence-electron chi connectivity index (χ4n) is 1.17. The molecule has 0 heterocycles. The zero-order valence-electron chi connectivity index (χ0n) is 9.73. The highest BCUT2D eigenvalue weighted by Crippen LogP contribution is 2.02. The van der Waals surface area contributed by atoms with Crippen LogP contribution in [0, 0.1) is 0 Å². The second-order valence-electron chi connectivity index (χ2n) is 3.75. The van der Waals surface area contributed by atoms with Crippen LogP contribution in [-0.2, 0) is 10.2 Å². The van der Waals surface area contributed by atoms with E-state index in [4.69, 9.17) is 5.11 Å². The zero-order chi connectivity index (χ0) is 11.9. The molecule has 0 aliphatic rings. The molecule has 2 N–H and O–H groups in total. The van der Waals surface area contributed by atoms with Gasteiger partial charge in [-0.3, -0.25) is 0 Å². The second kappa shape index (κ2) is 7.16. The predicted octanol–water partition coefficient (Wildman–Crippen LogP) is 0.324. The Hall–Kier alpha value is -0.170. The van der Waals surface area contributed by atoms with Crippen molar-refractivity contribution in [1.29, 1.82) is 0 Å². The molecule has 0 aliphatic heterocycles. The summed E-state index contributed by atoms with van der Waals surface area (Å²) in [6.45, 7) is 6.01. The van der Waals surface area contributed by atoms with E-state index >= 15 is 0 Å². The molecule has 0 saturated heterocycles. The first-order valence-electron chi connectivity index (χ1n) is 5.32. The molecule has 0 unspecified atom stereocenters. The summed E-state index contributed by atoms with van der Waals surface area (Å²) in [4.78, 5) is 0. The number of rotatable bonds is 8. The zero-order valence-corrected chi connectivity index (χ0v) is 10.5. The Bertz CT molecular complexity index is 252. The third-order valence-corrected chi connectivity index (χ3v) is 3.65. The summed E-state index contributed by atoms with van der Waals surface area (Å²) in [6.07, 6.45) is 1.73. The van der Waals surface area contributed by atoms with E-state index in [1.54, 1.807) is 13.8 Å². The fourth-order valence-corrected chi connectivity index (χ4v) is 2.61. The Morgan fingerprint density at radius 2 is 1.93 bits per heavy atom. The smallest absolute Gasteiger partial charge is 0.279 e. The van der Waals surface area contributed by atoms with E-state index in [-0.39, 0.29) is 19.2 Å². The maximum absolute atomic E-state index is 11.7. The van der Waals surface area contributed by atoms with Gasteiger partial charge < -0.3 is 5.11 Å². The molecule has 0 fully saturated rings. The molecular weight excluding hydrogens is 216 g/mol. The van der Waals surface area contributed by atoms with E-state index in [1.165, 1.54) is 4.31 Å². The lowest BCUT2D eigenvalue weighted by Gasteiger charge is -2.22. The summed E-state index contributed by atoms with van der Waals surface area (Å²) in [5.74, 6) is 0. The molecule has 0 amide bonds. The molecule has 0 rings (SSSR count). The Morgan fingerprint density at radius 3 is 2.33 bits per heavy atom. The van der Waals surface area contributed by atoms with Crippen LogP contribution in [-0.4, -0.2) is 43.6 Å². The van der Waals surface area contributed by atoms with Crippen LogP contribution in [0.2, 0.25) is 0 Å². The summed E-state index contributed by atoms with van der Waals surface area (Å²) in [6, 6.07) is -0.127. The van der Waals surface area contributed by atoms with Crippen molar-refractivity contribution in [2.45, 2.75) is 39.7 Å². The molecule has 0 aromatic carbocycles. The van der Waals surface area contributed by atoms with Crippen molar-refractivity contribution in [3.63, 3.8) is 0 Å². The van der Waals surface area contributed by atoms with Gasteiger partial charge in [-0.25, -0.2) is 0 Å². The Morgan fingerprint density at radius 1 is 1.33 bits per heavy atom. The number of nitrogens with one attached hydrogen (secondary N) is 1. The summed E-state index contributed by atoms with van der Waals surface area (Å²) in [5.41, 5.74) is 0. The van der Waals surface area contributed by atoms with Gasteiger partial charge >= 0.3 is 0 Å². The maximum atomic E-state index is 11.7. The van der Waals surface area contributed by atoms with Gasteiger partial charge in [-0.15, -0.1) is 0 Å². The van der Waals surface area contributed by atoms with Gasteiger partial charge in [0, 0.05) is 19.1 Å². The first-order valence-corrected chi connectivity index (χ1v) is 6.76. The number of aliphatic hydroxyl groups is 1. The molecular formula is C9H22N2O3S. The van der Waals surface area contributed by atoms with E-state index in [9.17, 15) is 8.42 Å². The monoisotopic (exact) mass is 238 g/mol. The van der Waals surface area contributed by atoms with Crippen molar-refractivity contribution in [3.8, 4) is 0 Å². The maximum Gasteiger partial charge on any atom is 0.279 e. The van der Waals surface area contributed by atoms with Crippen LogP contribution in [0.5, 0.6) is 0 Å². The van der Waals surface area contributed by atoms with E-state index in [0.717, 1.165) is 12.8 Å². The lowest BCUT2D eigenvalue weighted by Crippen LogP contribution is -2.45. The predicted molar refractivity (Wildman–Crippen MR) is 60.8 cm³/mol. The van der Waals surface area contributed by atoms with Gasteiger partial charge in [0.25, 0.3) is 10.2 Å². The van der Waals surface area contributed by atoms with Crippen LogP contribution in [0.25, 0.3) is 0 Å². The quantitative estimate of drug-likeness (QED) is 0.640. The molecule has 0 aromatic rings. The highest BCUT2D eigenvalue weighted by molar-refractivity contribution is 7.87. The topological polar surface area (TPSA) is 69.6 Å². The molecule has 15 heavy (non-hydrogen) atoms. The van der Waals surface area contributed by atoms with Crippen molar-refractivity contribution in [2.75, 3.05) is 19.7 Å². The van der Waals surface area contributed by atoms with Crippen LogP contribution < -0.4 is 4.72 Å². The van der Waals surface area contributed by atoms with Crippen LogP contribution in [0.3, 0.4) is 0 Å². The molecule has 0 aliphatic carbocycles. The molecule has 92 valence electrons. The normalized spacial score (nSPS) is 12.7. The van der Waals surface area contributed by atoms with Crippen LogP contribution in [0.1, 0.15) is 33.6 Å². The summed E-state index contributed by atoms with van der Waals surface area (Å²) < 4.78 is 27.3. The standard InChI is InChI=1S/C9H22N2O3S/c1-4-5-6-11(7-8-12)15(13,14)10-9(2)3/h9-10,12H,4-8H2,1-3H3. The van der Waals surface area contributed by atoms with Crippen LogP contribution in [0.15, 0.2) is 0 Å². The molecule has 0 spiro atoms. The summed E-state index contributed by atoms with van der Waals surface area (Å²) >= 11 is 0. The molecule has 0 bridgehead atoms. The van der Waals surface area contributed by atoms with Crippen LogP contribution in [0.4, 0.5) is 0 Å². The Kier molecular flexibility index (Phi) is 7.08. The first-order chi connectivity index (χ1) is 6.94. The lowest BCUT2D eigenvalue weighted by molar-refractivity contribution is 0.250. The lowest BCUT2D eigenvalue weighted by atomic mass is 10.3. The third-order valence-electron chi connectivity index (χ3n) is 1.84. The van der Waals surface area contributed by atoms with Gasteiger partial charge in [0.2, 0.25) is 0 Å². The first kappa shape index (κ1) is 14.8. The Labute approximate surface area is 92.7 Å². The van der Waals surface area contributed by atoms with Gasteiger partial charge in [0.15, 0.2) is 0 Å². The van der Waals surface area contributed by atoms with Crippen molar-refractivity contribution in [1.82, 2.24) is 9.03 Å². The second-order valence-corrected chi connectivity index (χ2v) is 5.46. The largest absolute Gasteiger partial charge is 0.395 e. The minimum atomic E-state index is -3.43. The molecule has 6 heteroatoms. The van der Waals surface area contributed by atoms with Gasteiger partial charge in [0.05, 0.1) is 6.61 Å². The highest BCUT2D eigenvalue weighted by atomic mass is 32.2. The van der Waals surface area contributed by atoms with Crippen molar-refractivity contribution >= 4 is 10.2 Å². The Balaban J connectivity index is 4.44. The van der Waals surface area contributed by atoms with E-state index in [1.807, 2.05) is 6.92 Å². The molecule has 0 radical (unpaired) electrons. The minimum Gasteiger partial charge on any atom is -0.395 e. The summed E-state index contributed by atoms with van der Waals surface area (Å²) in [7, 11) is -3.43. The average Bonchev–Trinajstić information content (AvgIpc) is 2.09. The minimum absolute atomic E-state index is 0.127. The van der Waals surface area contributed by atoms with Crippen molar-refractivity contribution < 1.29 is 13.5 Å². The number of nitrogens with zero attached hydrogens (tertiary/aromatic N) is 1. The van der Waals surface area contributed by atoms with Gasteiger partial charge in [-0.2, -0.15) is 17.4 Å². The van der Waals surface area contributed by atoms with E-state index in [0.29, 0.717) is 6.54 Å². The number of unbranched alkanes of at least 4 members (excludes halogenated alkanes) is 1. The molecule has 5 nitrogen and oxygen atoms in total. The number of hydrogen-bond donors (Lipinski definition) is 2. The number of aliphatic hydroxyl groups excluding tert-OH is 1. The summed E-state index contributed by atoms with van der Waals surface area (Å²) in [5, 5.41) is 8.80.